The summed E-state index contributed by atoms with van der Waals surface area (Å²) in [5.74, 6) is -1.22. The number of pyridine rings is 1. The predicted molar refractivity (Wildman–Crippen MR) is 54.1 cm³/mol. The van der Waals surface area contributed by atoms with E-state index in [4.69, 9.17) is 5.11 Å². The van der Waals surface area contributed by atoms with Crippen molar-refractivity contribution in [2.24, 2.45) is 0 Å². The molecule has 0 saturated heterocycles. The van der Waals surface area contributed by atoms with Crippen molar-refractivity contribution in [1.29, 1.82) is 0 Å². The number of sulfonamides is 1. The molecule has 0 atom stereocenters. The third-order valence-corrected chi connectivity index (χ3v) is 2.75. The minimum atomic E-state index is -3.60. The number of nitrogens with zero attached hydrogens (tertiary/aromatic N) is 2. The van der Waals surface area contributed by atoms with Gasteiger partial charge in [0.1, 0.15) is 6.54 Å². The van der Waals surface area contributed by atoms with Crippen LogP contribution in [0.2, 0.25) is 0 Å². The molecule has 1 N–H and O–H groups in total. The summed E-state index contributed by atoms with van der Waals surface area (Å²) in [6.07, 6.45) is 3.72. The molecule has 1 rings (SSSR count). The maximum atomic E-state index is 11.3. The van der Waals surface area contributed by atoms with Crippen LogP contribution in [-0.2, 0) is 14.8 Å². The molecule has 7 heteroatoms. The lowest BCUT2D eigenvalue weighted by Gasteiger charge is -2.19. The summed E-state index contributed by atoms with van der Waals surface area (Å²) in [5.41, 5.74) is 0.238. The van der Waals surface area contributed by atoms with E-state index in [-0.39, 0.29) is 5.69 Å². The van der Waals surface area contributed by atoms with Crippen molar-refractivity contribution in [3.63, 3.8) is 0 Å². The molecule has 0 aromatic carbocycles. The van der Waals surface area contributed by atoms with Crippen LogP contribution in [0.4, 0.5) is 5.69 Å². The van der Waals surface area contributed by atoms with Crippen LogP contribution in [-0.4, -0.2) is 37.3 Å². The second kappa shape index (κ2) is 4.26. The van der Waals surface area contributed by atoms with E-state index in [1.807, 2.05) is 0 Å². The summed E-state index contributed by atoms with van der Waals surface area (Å²) in [5, 5.41) is 8.58. The van der Waals surface area contributed by atoms with Gasteiger partial charge >= 0.3 is 5.97 Å². The third kappa shape index (κ3) is 3.21. The number of aliphatic carboxylic acids is 1. The van der Waals surface area contributed by atoms with Gasteiger partial charge in [-0.15, -0.1) is 0 Å². The zero-order valence-electron chi connectivity index (χ0n) is 7.99. The maximum absolute atomic E-state index is 11.3. The second-order valence-electron chi connectivity index (χ2n) is 2.87. The average Bonchev–Trinajstić information content (AvgIpc) is 2.14. The Morgan fingerprint density at radius 1 is 1.60 bits per heavy atom. The van der Waals surface area contributed by atoms with E-state index in [2.05, 4.69) is 4.98 Å². The lowest BCUT2D eigenvalue weighted by Crippen LogP contribution is -2.34. The lowest BCUT2D eigenvalue weighted by molar-refractivity contribution is -0.135. The number of carbonyl (C=O) groups is 1. The molecule has 1 heterocycles. The van der Waals surface area contributed by atoms with Crippen molar-refractivity contribution in [3.8, 4) is 0 Å². The Bertz CT molecular complexity index is 443. The molecule has 0 bridgehead atoms. The number of carboxylic acids is 1. The monoisotopic (exact) mass is 230 g/mol. The molecular weight excluding hydrogens is 220 g/mol. The lowest BCUT2D eigenvalue weighted by atomic mass is 10.4. The molecule has 6 nitrogen and oxygen atoms in total. The van der Waals surface area contributed by atoms with Crippen molar-refractivity contribution in [2.45, 2.75) is 0 Å². The molecular formula is C8H10N2O4S. The summed E-state index contributed by atoms with van der Waals surface area (Å²) in [7, 11) is -3.60. The first kappa shape index (κ1) is 11.4. The number of hydrogen-bond donors (Lipinski definition) is 1. The molecule has 0 aliphatic carbocycles. The summed E-state index contributed by atoms with van der Waals surface area (Å²) < 4.78 is 23.4. The molecule has 0 spiro atoms. The Kier molecular flexibility index (Phi) is 3.25. The first-order valence-electron chi connectivity index (χ1n) is 4.01. The highest BCUT2D eigenvalue weighted by Gasteiger charge is 2.20. The zero-order chi connectivity index (χ0) is 11.5. The minimum absolute atomic E-state index is 0.238. The smallest absolute Gasteiger partial charge is 0.324 e. The van der Waals surface area contributed by atoms with E-state index in [9.17, 15) is 13.2 Å². The van der Waals surface area contributed by atoms with E-state index < -0.39 is 22.5 Å². The molecule has 15 heavy (non-hydrogen) atoms. The number of carboxylic acid groups (broad SMARTS) is 1. The Balaban J connectivity index is 3.08. The summed E-state index contributed by atoms with van der Waals surface area (Å²) in [4.78, 5) is 14.2. The van der Waals surface area contributed by atoms with Gasteiger partial charge in [-0.25, -0.2) is 8.42 Å². The van der Waals surface area contributed by atoms with Crippen molar-refractivity contribution in [3.05, 3.63) is 24.5 Å². The molecule has 0 saturated carbocycles. The zero-order valence-corrected chi connectivity index (χ0v) is 8.81. The Labute approximate surface area is 87.2 Å². The first-order valence-corrected chi connectivity index (χ1v) is 5.85. The van der Waals surface area contributed by atoms with Gasteiger partial charge < -0.3 is 5.11 Å². The molecule has 1 aromatic heterocycles. The fraction of sp³-hybridized carbons (Fsp3) is 0.250. The fourth-order valence-corrected chi connectivity index (χ4v) is 1.86. The second-order valence-corrected chi connectivity index (χ2v) is 4.78. The van der Waals surface area contributed by atoms with Crippen LogP contribution in [0.1, 0.15) is 0 Å². The molecule has 0 radical (unpaired) electrons. The van der Waals surface area contributed by atoms with Crippen LogP contribution in [0.15, 0.2) is 24.5 Å². The van der Waals surface area contributed by atoms with Gasteiger partial charge in [0.2, 0.25) is 10.0 Å². The van der Waals surface area contributed by atoms with Crippen LogP contribution in [0.5, 0.6) is 0 Å². The largest absolute Gasteiger partial charge is 0.480 e. The Hall–Kier alpha value is -1.63. The van der Waals surface area contributed by atoms with Crippen LogP contribution < -0.4 is 4.31 Å². The summed E-state index contributed by atoms with van der Waals surface area (Å²) in [6.45, 7) is -0.607. The van der Waals surface area contributed by atoms with Gasteiger partial charge in [-0.3, -0.25) is 14.1 Å². The molecule has 0 unspecified atom stereocenters. The minimum Gasteiger partial charge on any atom is -0.480 e. The molecule has 0 aliphatic rings. The topological polar surface area (TPSA) is 87.6 Å². The van der Waals surface area contributed by atoms with Gasteiger partial charge in [0.25, 0.3) is 0 Å². The van der Waals surface area contributed by atoms with Crippen LogP contribution in [0.25, 0.3) is 0 Å². The summed E-state index contributed by atoms with van der Waals surface area (Å²) >= 11 is 0. The van der Waals surface area contributed by atoms with Crippen LogP contribution in [0.3, 0.4) is 0 Å². The standard InChI is InChI=1S/C8H10N2O4S/c1-15(13,14)10(6-8(11)12)7-3-2-4-9-5-7/h2-5H,6H2,1H3,(H,11,12). The van der Waals surface area contributed by atoms with Crippen LogP contribution >= 0.6 is 0 Å². The molecule has 1 aromatic rings. The van der Waals surface area contributed by atoms with Crippen molar-refractivity contribution >= 4 is 21.7 Å². The predicted octanol–water partition coefficient (Wildman–Crippen LogP) is -0.0678. The average molecular weight is 230 g/mol. The number of aromatic nitrogens is 1. The highest BCUT2D eigenvalue weighted by Crippen LogP contribution is 2.14. The molecule has 0 aliphatic heterocycles. The normalized spacial score (nSPS) is 11.0. The Morgan fingerprint density at radius 2 is 2.27 bits per heavy atom. The van der Waals surface area contributed by atoms with E-state index in [1.165, 1.54) is 24.5 Å². The number of rotatable bonds is 4. The number of hydrogen-bond acceptors (Lipinski definition) is 4. The van der Waals surface area contributed by atoms with Gasteiger partial charge in [0.05, 0.1) is 18.1 Å². The van der Waals surface area contributed by atoms with E-state index in [0.717, 1.165) is 10.6 Å². The maximum Gasteiger partial charge on any atom is 0.324 e. The van der Waals surface area contributed by atoms with Gasteiger partial charge in [0.15, 0.2) is 0 Å². The highest BCUT2D eigenvalue weighted by atomic mass is 32.2. The third-order valence-electron chi connectivity index (χ3n) is 1.61. The SMILES string of the molecule is CS(=O)(=O)N(CC(=O)O)c1cccnc1. The van der Waals surface area contributed by atoms with Crippen molar-refractivity contribution in [1.82, 2.24) is 4.98 Å². The van der Waals surface area contributed by atoms with Gasteiger partial charge in [-0.1, -0.05) is 0 Å². The number of anilines is 1. The molecule has 0 amide bonds. The van der Waals surface area contributed by atoms with Crippen molar-refractivity contribution < 1.29 is 18.3 Å². The quantitative estimate of drug-likeness (QED) is 0.782. The molecule has 82 valence electrons. The fourth-order valence-electron chi connectivity index (χ4n) is 1.02. The highest BCUT2D eigenvalue weighted by molar-refractivity contribution is 7.92. The van der Waals surface area contributed by atoms with Crippen molar-refractivity contribution in [2.75, 3.05) is 17.1 Å². The van der Waals surface area contributed by atoms with Gasteiger partial charge in [0, 0.05) is 6.20 Å². The van der Waals surface area contributed by atoms with E-state index >= 15 is 0 Å². The van der Waals surface area contributed by atoms with E-state index in [0.29, 0.717) is 0 Å². The first-order chi connectivity index (χ1) is 6.91. The molecule has 0 fully saturated rings. The Morgan fingerprint density at radius 3 is 2.67 bits per heavy atom. The van der Waals surface area contributed by atoms with Gasteiger partial charge in [-0.05, 0) is 12.1 Å². The van der Waals surface area contributed by atoms with E-state index in [1.54, 1.807) is 0 Å². The van der Waals surface area contributed by atoms with Crippen LogP contribution in [0, 0.1) is 0 Å². The summed E-state index contributed by atoms with van der Waals surface area (Å²) in [6, 6.07) is 3.02. The van der Waals surface area contributed by atoms with Gasteiger partial charge in [-0.2, -0.15) is 0 Å².